The fraction of sp³-hybridized carbons (Fsp3) is 0.304. The molecule has 168 valence electrons. The number of rotatable bonds is 5. The van der Waals surface area contributed by atoms with E-state index in [1.807, 2.05) is 4.57 Å². The van der Waals surface area contributed by atoms with Gasteiger partial charge in [-0.3, -0.25) is 4.79 Å². The molecule has 1 aliphatic heterocycles. The van der Waals surface area contributed by atoms with Gasteiger partial charge >= 0.3 is 0 Å². The molecule has 2 heterocycles. The van der Waals surface area contributed by atoms with Crippen molar-refractivity contribution in [1.29, 1.82) is 0 Å². The Labute approximate surface area is 191 Å². The van der Waals surface area contributed by atoms with Crippen LogP contribution in [-0.4, -0.2) is 49.5 Å². The minimum absolute atomic E-state index is 0.158. The van der Waals surface area contributed by atoms with Crippen molar-refractivity contribution in [1.82, 2.24) is 8.87 Å². The normalized spacial score (nSPS) is 15.9. The van der Waals surface area contributed by atoms with E-state index in [2.05, 4.69) is 37.6 Å². The highest BCUT2D eigenvalue weighted by Gasteiger charge is 2.26. The van der Waals surface area contributed by atoms with E-state index in [-0.39, 0.29) is 4.90 Å². The largest absolute Gasteiger partial charge is 0.379 e. The van der Waals surface area contributed by atoms with Gasteiger partial charge in [0.25, 0.3) is 5.91 Å². The first kappa shape index (κ1) is 22.6. The molecule has 0 atom stereocenters. The molecule has 1 aliphatic rings. The summed E-state index contributed by atoms with van der Waals surface area (Å²) < 4.78 is 35.2. The van der Waals surface area contributed by atoms with Gasteiger partial charge in [-0.15, -0.1) is 6.58 Å². The Kier molecular flexibility index (Phi) is 6.43. The molecule has 1 amide bonds. The van der Waals surface area contributed by atoms with E-state index in [0.717, 1.165) is 10.2 Å². The van der Waals surface area contributed by atoms with Crippen molar-refractivity contribution >= 4 is 37.5 Å². The first-order valence-electron chi connectivity index (χ1n) is 10.3. The van der Waals surface area contributed by atoms with Crippen molar-refractivity contribution in [3.63, 3.8) is 0 Å². The number of hydrogen-bond donors (Lipinski definition) is 0. The Bertz CT molecular complexity index is 1350. The Morgan fingerprint density at radius 3 is 2.47 bits per heavy atom. The van der Waals surface area contributed by atoms with Crippen LogP contribution in [0, 0.1) is 13.8 Å². The summed E-state index contributed by atoms with van der Waals surface area (Å²) >= 11 is 1.45. The number of morpholine rings is 1. The summed E-state index contributed by atoms with van der Waals surface area (Å²) in [7, 11) is -3.60. The highest BCUT2D eigenvalue weighted by molar-refractivity contribution is 7.89. The first-order valence-corrected chi connectivity index (χ1v) is 12.6. The number of aromatic nitrogens is 1. The zero-order chi connectivity index (χ0) is 22.9. The van der Waals surface area contributed by atoms with Crippen LogP contribution >= 0.6 is 11.3 Å². The van der Waals surface area contributed by atoms with E-state index >= 15 is 0 Å². The lowest BCUT2D eigenvalue weighted by Gasteiger charge is -2.26. The van der Waals surface area contributed by atoms with Crippen LogP contribution in [0.2, 0.25) is 0 Å². The summed E-state index contributed by atoms with van der Waals surface area (Å²) in [6, 6.07) is 10.1. The zero-order valence-corrected chi connectivity index (χ0v) is 19.7. The maximum absolute atomic E-state index is 12.9. The fourth-order valence-electron chi connectivity index (χ4n) is 3.57. The maximum Gasteiger partial charge on any atom is 0.279 e. The Hall–Kier alpha value is -2.59. The first-order chi connectivity index (χ1) is 15.3. The summed E-state index contributed by atoms with van der Waals surface area (Å²) in [6.45, 7) is 9.88. The molecule has 1 aromatic heterocycles. The molecule has 3 aromatic rings. The van der Waals surface area contributed by atoms with Gasteiger partial charge in [0.15, 0.2) is 4.80 Å². The number of amides is 1. The summed E-state index contributed by atoms with van der Waals surface area (Å²) in [5.74, 6) is -0.418. The lowest BCUT2D eigenvalue weighted by Crippen LogP contribution is -2.40. The molecule has 0 bridgehead atoms. The Morgan fingerprint density at radius 1 is 1.16 bits per heavy atom. The van der Waals surface area contributed by atoms with Crippen LogP contribution in [0.1, 0.15) is 21.5 Å². The van der Waals surface area contributed by atoms with Gasteiger partial charge in [0.05, 0.1) is 28.3 Å². The van der Waals surface area contributed by atoms with E-state index < -0.39 is 15.9 Å². The third-order valence-electron chi connectivity index (χ3n) is 5.52. The quantitative estimate of drug-likeness (QED) is 0.535. The predicted molar refractivity (Wildman–Crippen MR) is 125 cm³/mol. The van der Waals surface area contributed by atoms with Crippen molar-refractivity contribution in [2.75, 3.05) is 26.3 Å². The number of nitrogens with zero attached hydrogens (tertiary/aromatic N) is 3. The van der Waals surface area contributed by atoms with Crippen LogP contribution in [0.25, 0.3) is 10.2 Å². The minimum atomic E-state index is -3.60. The third kappa shape index (κ3) is 4.33. The van der Waals surface area contributed by atoms with Crippen LogP contribution in [0.3, 0.4) is 0 Å². The van der Waals surface area contributed by atoms with Gasteiger partial charge in [-0.2, -0.15) is 9.30 Å². The molecule has 32 heavy (non-hydrogen) atoms. The molecule has 0 spiro atoms. The van der Waals surface area contributed by atoms with E-state index in [1.165, 1.54) is 51.0 Å². The summed E-state index contributed by atoms with van der Waals surface area (Å²) in [6.07, 6.45) is 1.77. The number of allylic oxidation sites excluding steroid dienone is 1. The summed E-state index contributed by atoms with van der Waals surface area (Å²) in [4.78, 5) is 18.0. The molecule has 0 aliphatic carbocycles. The molecule has 0 saturated carbocycles. The topological polar surface area (TPSA) is 81.0 Å². The van der Waals surface area contributed by atoms with Gasteiger partial charge < -0.3 is 9.30 Å². The monoisotopic (exact) mass is 471 g/mol. The summed E-state index contributed by atoms with van der Waals surface area (Å²) in [5.41, 5.74) is 3.69. The second kappa shape index (κ2) is 9.11. The highest BCUT2D eigenvalue weighted by atomic mass is 32.2. The Balaban J connectivity index is 1.67. The lowest BCUT2D eigenvalue weighted by molar-refractivity contribution is 0.0730. The smallest absolute Gasteiger partial charge is 0.279 e. The number of hydrogen-bond acceptors (Lipinski definition) is 5. The third-order valence-corrected chi connectivity index (χ3v) is 8.47. The van der Waals surface area contributed by atoms with Crippen LogP contribution in [0.5, 0.6) is 0 Å². The van der Waals surface area contributed by atoms with E-state index in [9.17, 15) is 13.2 Å². The standard InChI is InChI=1S/C23H25N3O4S2/c1-4-9-26-20-14-16(2)17(3)15-21(20)31-23(26)24-22(27)18-5-7-19(8-6-18)32(28,29)25-10-12-30-13-11-25/h4-8,14-15H,1,9-13H2,2-3H3. The molecule has 9 heteroatoms. The average molecular weight is 472 g/mol. The van der Waals surface area contributed by atoms with Crippen LogP contribution in [-0.2, 0) is 21.3 Å². The number of sulfonamides is 1. The van der Waals surface area contributed by atoms with Crippen LogP contribution in [0.15, 0.2) is 58.9 Å². The molecule has 7 nitrogen and oxygen atoms in total. The fourth-order valence-corrected chi connectivity index (χ4v) is 6.09. The zero-order valence-electron chi connectivity index (χ0n) is 18.1. The molecular formula is C23H25N3O4S2. The molecule has 1 saturated heterocycles. The number of carbonyl (C=O) groups is 1. The number of carbonyl (C=O) groups excluding carboxylic acids is 1. The molecule has 0 radical (unpaired) electrons. The minimum Gasteiger partial charge on any atom is -0.379 e. The van der Waals surface area contributed by atoms with Gasteiger partial charge in [0.2, 0.25) is 10.0 Å². The number of benzene rings is 2. The van der Waals surface area contributed by atoms with E-state index in [0.29, 0.717) is 43.2 Å². The van der Waals surface area contributed by atoms with E-state index in [1.54, 1.807) is 6.08 Å². The van der Waals surface area contributed by atoms with Crippen molar-refractivity contribution in [2.24, 2.45) is 4.99 Å². The molecule has 4 rings (SSSR count). The number of aryl methyl sites for hydroxylation is 2. The number of fused-ring (bicyclic) bond motifs is 1. The van der Waals surface area contributed by atoms with Gasteiger partial charge in [-0.05, 0) is 61.4 Å². The Morgan fingerprint density at radius 2 is 1.81 bits per heavy atom. The van der Waals surface area contributed by atoms with Crippen LogP contribution < -0.4 is 4.80 Å². The van der Waals surface area contributed by atoms with Gasteiger partial charge in [-0.25, -0.2) is 8.42 Å². The van der Waals surface area contributed by atoms with E-state index in [4.69, 9.17) is 4.74 Å². The SMILES string of the molecule is C=CCn1c(=NC(=O)c2ccc(S(=O)(=O)N3CCOCC3)cc2)sc2cc(C)c(C)cc21. The summed E-state index contributed by atoms with van der Waals surface area (Å²) in [5, 5.41) is 0. The van der Waals surface area contributed by atoms with Crippen LogP contribution in [0.4, 0.5) is 0 Å². The molecule has 0 unspecified atom stereocenters. The lowest BCUT2D eigenvalue weighted by atomic mass is 10.1. The van der Waals surface area contributed by atoms with Crippen molar-refractivity contribution in [3.05, 3.63) is 70.5 Å². The number of thiazole rings is 1. The van der Waals surface area contributed by atoms with Gasteiger partial charge in [-0.1, -0.05) is 17.4 Å². The number of ether oxygens (including phenoxy) is 1. The predicted octanol–water partition coefficient (Wildman–Crippen LogP) is 3.27. The maximum atomic E-state index is 12.9. The second-order valence-electron chi connectivity index (χ2n) is 7.65. The molecule has 1 fully saturated rings. The molecular weight excluding hydrogens is 446 g/mol. The average Bonchev–Trinajstić information content (AvgIpc) is 3.10. The van der Waals surface area contributed by atoms with Gasteiger partial charge in [0.1, 0.15) is 0 Å². The molecule has 0 N–H and O–H groups in total. The van der Waals surface area contributed by atoms with Crippen molar-refractivity contribution in [2.45, 2.75) is 25.3 Å². The highest BCUT2D eigenvalue weighted by Crippen LogP contribution is 2.22. The molecule has 2 aromatic carbocycles. The second-order valence-corrected chi connectivity index (χ2v) is 10.6. The van der Waals surface area contributed by atoms with Crippen molar-refractivity contribution in [3.8, 4) is 0 Å². The van der Waals surface area contributed by atoms with Gasteiger partial charge in [0, 0.05) is 25.2 Å². The van der Waals surface area contributed by atoms with Crippen molar-refractivity contribution < 1.29 is 17.9 Å².